The smallest absolute Gasteiger partial charge is 0.0884 e. The van der Waals surface area contributed by atoms with Crippen LogP contribution in [0.5, 0.6) is 0 Å². The van der Waals surface area contributed by atoms with Crippen molar-refractivity contribution in [3.63, 3.8) is 0 Å². The van der Waals surface area contributed by atoms with Crippen LogP contribution in [0.4, 0.5) is 0 Å². The van der Waals surface area contributed by atoms with Crippen molar-refractivity contribution < 1.29 is 4.76 Å². The third-order valence-corrected chi connectivity index (χ3v) is 3.99. The highest BCUT2D eigenvalue weighted by Gasteiger charge is 2.27. The summed E-state index contributed by atoms with van der Waals surface area (Å²) in [5.41, 5.74) is 0.273. The lowest BCUT2D eigenvalue weighted by molar-refractivity contribution is -0.461. The first-order valence-corrected chi connectivity index (χ1v) is 6.68. The molecule has 1 unspecified atom stereocenters. The highest BCUT2D eigenvalue weighted by Crippen LogP contribution is 2.32. The van der Waals surface area contributed by atoms with Gasteiger partial charge in [-0.05, 0) is 13.3 Å². The molecule has 0 spiro atoms. The molecule has 3 heteroatoms. The average Bonchev–Trinajstić information content (AvgIpc) is 2.29. The molecule has 0 saturated carbocycles. The minimum absolute atomic E-state index is 0.149. The minimum atomic E-state index is -0.253. The molecule has 0 N–H and O–H groups in total. The van der Waals surface area contributed by atoms with E-state index < -0.39 is 0 Å². The van der Waals surface area contributed by atoms with E-state index in [2.05, 4.69) is 39.8 Å². The number of hydrogen-bond donors (Lipinski definition) is 0. The molecule has 18 heavy (non-hydrogen) atoms. The zero-order valence-electron chi connectivity index (χ0n) is 11.9. The van der Waals surface area contributed by atoms with Gasteiger partial charge in [-0.2, -0.15) is 0 Å². The monoisotopic (exact) mass is 264 g/mol. The third-order valence-electron chi connectivity index (χ3n) is 3.26. The predicted molar refractivity (Wildman–Crippen MR) is 80.7 cm³/mol. The summed E-state index contributed by atoms with van der Waals surface area (Å²) in [5, 5.41) is 0. The molecular formula is C15H22NOS+. The maximum absolute atomic E-state index is 11.5. The van der Waals surface area contributed by atoms with Crippen molar-refractivity contribution in [1.29, 1.82) is 0 Å². The van der Waals surface area contributed by atoms with Crippen molar-refractivity contribution in [3.05, 3.63) is 41.0 Å². The van der Waals surface area contributed by atoms with E-state index >= 15 is 0 Å². The van der Waals surface area contributed by atoms with Gasteiger partial charge < -0.3 is 0 Å². The largest absolute Gasteiger partial charge is 0.252 e. The van der Waals surface area contributed by atoms with E-state index in [-0.39, 0.29) is 10.8 Å². The average molecular weight is 264 g/mol. The van der Waals surface area contributed by atoms with E-state index in [0.717, 1.165) is 16.0 Å². The molecule has 0 heterocycles. The molecule has 0 aromatic heterocycles. The molecule has 0 radical (unpaired) electrons. The summed E-state index contributed by atoms with van der Waals surface area (Å²) in [5.74, 6) is 0. The Kier molecular flexibility index (Phi) is 4.38. The quantitative estimate of drug-likeness (QED) is 0.432. The van der Waals surface area contributed by atoms with Crippen LogP contribution in [0, 0.1) is 15.7 Å². The fraction of sp³-hybridized carbons (Fsp3) is 0.533. The van der Waals surface area contributed by atoms with E-state index in [1.165, 1.54) is 7.05 Å². The van der Waals surface area contributed by atoms with Gasteiger partial charge in [0.15, 0.2) is 7.05 Å². The SMILES string of the molecule is CCC(=S)C1(C)C=CC([N+](C)=O)=CC(C)(C)C=C1. The number of likely N-dealkylation sites (N-methyl/N-ethyl adjacent to an activating group) is 1. The van der Waals surface area contributed by atoms with Gasteiger partial charge in [0.05, 0.1) is 0 Å². The minimum Gasteiger partial charge on any atom is -0.0884 e. The molecule has 1 aliphatic carbocycles. The molecule has 0 fully saturated rings. The Bertz CT molecular complexity index is 457. The lowest BCUT2D eigenvalue weighted by Gasteiger charge is -2.26. The first-order chi connectivity index (χ1) is 8.20. The van der Waals surface area contributed by atoms with Gasteiger partial charge in [-0.1, -0.05) is 51.2 Å². The lowest BCUT2D eigenvalue weighted by Crippen LogP contribution is -2.23. The summed E-state index contributed by atoms with van der Waals surface area (Å²) >= 11 is 5.46. The predicted octanol–water partition coefficient (Wildman–Crippen LogP) is 4.22. The number of thiocarbonyl (C=S) groups is 1. The van der Waals surface area contributed by atoms with Crippen molar-refractivity contribution in [2.24, 2.45) is 10.8 Å². The number of hydrogen-bond acceptors (Lipinski definition) is 2. The Morgan fingerprint density at radius 2 is 1.89 bits per heavy atom. The third kappa shape index (κ3) is 3.45. The van der Waals surface area contributed by atoms with Crippen molar-refractivity contribution >= 4 is 17.1 Å². The second-order valence-electron chi connectivity index (χ2n) is 5.61. The Hall–Kier alpha value is -1.09. The van der Waals surface area contributed by atoms with Gasteiger partial charge in [-0.3, -0.25) is 0 Å². The second kappa shape index (κ2) is 5.27. The molecule has 1 rings (SSSR count). The number of allylic oxidation sites excluding steroid dienone is 5. The van der Waals surface area contributed by atoms with E-state index in [1.54, 1.807) is 0 Å². The van der Waals surface area contributed by atoms with Gasteiger partial charge in [-0.25, -0.2) is 0 Å². The molecule has 2 nitrogen and oxygen atoms in total. The Morgan fingerprint density at radius 3 is 2.39 bits per heavy atom. The van der Waals surface area contributed by atoms with Crippen LogP contribution >= 0.6 is 12.2 Å². The van der Waals surface area contributed by atoms with Crippen LogP contribution < -0.4 is 0 Å². The van der Waals surface area contributed by atoms with Crippen LogP contribution in [0.15, 0.2) is 36.1 Å². The van der Waals surface area contributed by atoms with E-state index in [4.69, 9.17) is 12.2 Å². The first-order valence-electron chi connectivity index (χ1n) is 6.27. The number of rotatable bonds is 3. The van der Waals surface area contributed by atoms with Crippen LogP contribution in [0.1, 0.15) is 34.1 Å². The van der Waals surface area contributed by atoms with Crippen LogP contribution in [0.2, 0.25) is 0 Å². The van der Waals surface area contributed by atoms with Crippen LogP contribution in [-0.2, 0) is 0 Å². The van der Waals surface area contributed by atoms with Gasteiger partial charge in [0, 0.05) is 37.5 Å². The van der Waals surface area contributed by atoms with Crippen molar-refractivity contribution in [3.8, 4) is 0 Å². The topological polar surface area (TPSA) is 20.1 Å². The fourth-order valence-corrected chi connectivity index (χ4v) is 2.08. The molecule has 1 aliphatic rings. The Morgan fingerprint density at radius 1 is 1.28 bits per heavy atom. The summed E-state index contributed by atoms with van der Waals surface area (Å²) < 4.78 is 0.896. The second-order valence-corrected chi connectivity index (χ2v) is 6.11. The van der Waals surface area contributed by atoms with Crippen molar-refractivity contribution in [2.75, 3.05) is 7.05 Å². The van der Waals surface area contributed by atoms with Gasteiger partial charge in [0.25, 0.3) is 5.70 Å². The summed E-state index contributed by atoms with van der Waals surface area (Å²) in [6, 6.07) is 0. The maximum Gasteiger partial charge on any atom is 0.252 e. The lowest BCUT2D eigenvalue weighted by atomic mass is 9.79. The standard InChI is InChI=1S/C15H22NOS/c1-6-13(18)15(4)8-7-12(16(5)17)11-14(2,3)9-10-15/h7-11H,6H2,1-5H3/q+1. The summed E-state index contributed by atoms with van der Waals surface area (Å²) in [6.45, 7) is 8.33. The Labute approximate surface area is 115 Å². The van der Waals surface area contributed by atoms with Crippen molar-refractivity contribution in [2.45, 2.75) is 34.1 Å². The summed E-state index contributed by atoms with van der Waals surface area (Å²) in [6.07, 6.45) is 11.0. The van der Waals surface area contributed by atoms with Crippen LogP contribution in [-0.4, -0.2) is 16.7 Å². The molecular weight excluding hydrogens is 242 g/mol. The van der Waals surface area contributed by atoms with Crippen LogP contribution in [0.25, 0.3) is 0 Å². The van der Waals surface area contributed by atoms with E-state index in [9.17, 15) is 4.91 Å². The molecule has 1 atom stereocenters. The number of nitroso groups, excluding NO2 is 1. The van der Waals surface area contributed by atoms with E-state index in [1.807, 2.05) is 18.2 Å². The zero-order valence-corrected chi connectivity index (χ0v) is 12.7. The molecule has 0 aromatic carbocycles. The highest BCUT2D eigenvalue weighted by atomic mass is 32.1. The van der Waals surface area contributed by atoms with Gasteiger partial charge in [0.1, 0.15) is 0 Å². The highest BCUT2D eigenvalue weighted by molar-refractivity contribution is 7.80. The summed E-state index contributed by atoms with van der Waals surface area (Å²) in [4.78, 5) is 12.5. The van der Waals surface area contributed by atoms with Gasteiger partial charge in [0.2, 0.25) is 0 Å². The molecule has 98 valence electrons. The van der Waals surface area contributed by atoms with E-state index in [0.29, 0.717) is 5.70 Å². The molecule has 0 amide bonds. The summed E-state index contributed by atoms with van der Waals surface area (Å²) in [7, 11) is 1.52. The normalized spacial score (nSPS) is 26.2. The molecule has 0 bridgehead atoms. The van der Waals surface area contributed by atoms with Crippen molar-refractivity contribution in [1.82, 2.24) is 0 Å². The molecule has 0 aromatic rings. The maximum atomic E-state index is 11.5. The van der Waals surface area contributed by atoms with Crippen LogP contribution in [0.3, 0.4) is 0 Å². The Balaban J connectivity index is 3.31. The number of nitrogens with zero attached hydrogens (tertiary/aromatic N) is 1. The zero-order chi connectivity index (χ0) is 14.0. The fourth-order valence-electron chi connectivity index (χ4n) is 1.94. The van der Waals surface area contributed by atoms with Gasteiger partial charge >= 0.3 is 0 Å². The van der Waals surface area contributed by atoms with Gasteiger partial charge in [-0.15, -0.1) is 0 Å². The first kappa shape index (κ1) is 15.0. The molecule has 0 saturated heterocycles. The molecule has 0 aliphatic heterocycles.